The van der Waals surface area contributed by atoms with E-state index in [2.05, 4.69) is 20.4 Å². The van der Waals surface area contributed by atoms with Crippen molar-refractivity contribution < 1.29 is 9.32 Å². The zero-order valence-electron chi connectivity index (χ0n) is 15.3. The molecule has 1 saturated heterocycles. The summed E-state index contributed by atoms with van der Waals surface area (Å²) in [6.07, 6.45) is 2.23. The third-order valence-electron chi connectivity index (χ3n) is 4.85. The SMILES string of the molecule is O=C(NCc1noc(-c2ccc(Cl)cc2)n1)[C@@H](c1ccccc1)N1CCCC1. The van der Waals surface area contributed by atoms with Crippen LogP contribution in [0.5, 0.6) is 0 Å². The van der Waals surface area contributed by atoms with Crippen molar-refractivity contribution in [1.29, 1.82) is 0 Å². The molecule has 0 bridgehead atoms. The molecule has 1 atom stereocenters. The summed E-state index contributed by atoms with van der Waals surface area (Å²) >= 11 is 5.90. The van der Waals surface area contributed by atoms with Gasteiger partial charge in [0.25, 0.3) is 5.89 Å². The van der Waals surface area contributed by atoms with E-state index in [1.54, 1.807) is 12.1 Å². The molecule has 1 aromatic heterocycles. The number of rotatable bonds is 6. The number of hydrogen-bond acceptors (Lipinski definition) is 5. The Morgan fingerprint density at radius 3 is 2.54 bits per heavy atom. The van der Waals surface area contributed by atoms with Gasteiger partial charge in [-0.3, -0.25) is 9.69 Å². The first-order chi connectivity index (χ1) is 13.7. The highest BCUT2D eigenvalue weighted by Gasteiger charge is 2.29. The Hall–Kier alpha value is -2.70. The lowest BCUT2D eigenvalue weighted by Gasteiger charge is -2.26. The fraction of sp³-hybridized carbons (Fsp3) is 0.286. The van der Waals surface area contributed by atoms with Crippen LogP contribution in [0.25, 0.3) is 11.5 Å². The molecular formula is C21H21ClN4O2. The van der Waals surface area contributed by atoms with Gasteiger partial charge < -0.3 is 9.84 Å². The van der Waals surface area contributed by atoms with Crippen molar-refractivity contribution in [2.45, 2.75) is 25.4 Å². The number of amides is 1. The summed E-state index contributed by atoms with van der Waals surface area (Å²) in [5.74, 6) is 0.789. The number of carbonyl (C=O) groups excluding carboxylic acids is 1. The molecular weight excluding hydrogens is 376 g/mol. The van der Waals surface area contributed by atoms with Crippen molar-refractivity contribution in [3.05, 3.63) is 71.0 Å². The van der Waals surface area contributed by atoms with E-state index < -0.39 is 0 Å². The minimum absolute atomic E-state index is 0.0501. The highest BCUT2D eigenvalue weighted by atomic mass is 35.5. The first-order valence-corrected chi connectivity index (χ1v) is 9.74. The third-order valence-corrected chi connectivity index (χ3v) is 5.10. The smallest absolute Gasteiger partial charge is 0.257 e. The van der Waals surface area contributed by atoms with E-state index in [9.17, 15) is 4.79 Å². The second-order valence-corrected chi connectivity index (χ2v) is 7.23. The van der Waals surface area contributed by atoms with Gasteiger partial charge in [0.2, 0.25) is 5.91 Å². The van der Waals surface area contributed by atoms with Gasteiger partial charge >= 0.3 is 0 Å². The lowest BCUT2D eigenvalue weighted by atomic mass is 10.0. The number of aromatic nitrogens is 2. The molecule has 2 aromatic carbocycles. The van der Waals surface area contributed by atoms with Crippen LogP contribution in [0.2, 0.25) is 5.02 Å². The Bertz CT molecular complexity index is 921. The van der Waals surface area contributed by atoms with Crippen molar-refractivity contribution in [3.8, 4) is 11.5 Å². The molecule has 28 heavy (non-hydrogen) atoms. The largest absolute Gasteiger partial charge is 0.347 e. The van der Waals surface area contributed by atoms with Crippen LogP contribution in [0.1, 0.15) is 30.3 Å². The Kier molecular flexibility index (Phi) is 5.69. The maximum absolute atomic E-state index is 13.0. The number of hydrogen-bond donors (Lipinski definition) is 1. The monoisotopic (exact) mass is 396 g/mol. The van der Waals surface area contributed by atoms with Crippen LogP contribution in [0.15, 0.2) is 59.1 Å². The van der Waals surface area contributed by atoms with Crippen LogP contribution in [-0.2, 0) is 11.3 Å². The van der Waals surface area contributed by atoms with Crippen LogP contribution < -0.4 is 5.32 Å². The van der Waals surface area contributed by atoms with Crippen LogP contribution >= 0.6 is 11.6 Å². The molecule has 0 saturated carbocycles. The number of likely N-dealkylation sites (tertiary alicyclic amines) is 1. The minimum atomic E-state index is -0.300. The zero-order chi connectivity index (χ0) is 19.3. The maximum Gasteiger partial charge on any atom is 0.257 e. The van der Waals surface area contributed by atoms with Gasteiger partial charge in [-0.25, -0.2) is 0 Å². The van der Waals surface area contributed by atoms with Gasteiger partial charge in [0.1, 0.15) is 6.04 Å². The molecule has 1 N–H and O–H groups in total. The Labute approximate surface area is 168 Å². The summed E-state index contributed by atoms with van der Waals surface area (Å²) in [5.41, 5.74) is 1.78. The van der Waals surface area contributed by atoms with E-state index in [-0.39, 0.29) is 18.5 Å². The van der Waals surface area contributed by atoms with Crippen molar-refractivity contribution in [2.24, 2.45) is 0 Å². The average molecular weight is 397 g/mol. The number of benzene rings is 2. The predicted molar refractivity (Wildman–Crippen MR) is 107 cm³/mol. The van der Waals surface area contributed by atoms with Crippen molar-refractivity contribution >= 4 is 17.5 Å². The Balaban J connectivity index is 1.44. The van der Waals surface area contributed by atoms with Gasteiger partial charge in [0.15, 0.2) is 5.82 Å². The molecule has 1 fully saturated rings. The van der Waals surface area contributed by atoms with Gasteiger partial charge in [0, 0.05) is 10.6 Å². The number of halogens is 1. The summed E-state index contributed by atoms with van der Waals surface area (Å²) in [6.45, 7) is 2.07. The highest BCUT2D eigenvalue weighted by molar-refractivity contribution is 6.30. The van der Waals surface area contributed by atoms with Gasteiger partial charge in [0.05, 0.1) is 6.54 Å². The highest BCUT2D eigenvalue weighted by Crippen LogP contribution is 2.25. The van der Waals surface area contributed by atoms with E-state index in [1.807, 2.05) is 42.5 Å². The van der Waals surface area contributed by atoms with E-state index in [0.717, 1.165) is 37.1 Å². The average Bonchev–Trinajstić information content (AvgIpc) is 3.40. The van der Waals surface area contributed by atoms with E-state index in [4.69, 9.17) is 16.1 Å². The molecule has 0 spiro atoms. The van der Waals surface area contributed by atoms with Gasteiger partial charge in [-0.05, 0) is 55.8 Å². The first-order valence-electron chi connectivity index (χ1n) is 9.36. The lowest BCUT2D eigenvalue weighted by molar-refractivity contribution is -0.126. The fourth-order valence-corrected chi connectivity index (χ4v) is 3.59. The van der Waals surface area contributed by atoms with Gasteiger partial charge in [-0.2, -0.15) is 4.98 Å². The molecule has 7 heteroatoms. The molecule has 0 aliphatic carbocycles. The van der Waals surface area contributed by atoms with Crippen LogP contribution in [0.3, 0.4) is 0 Å². The third kappa shape index (κ3) is 4.24. The number of carbonyl (C=O) groups is 1. The molecule has 1 aliphatic rings. The predicted octanol–water partition coefficient (Wildman–Crippen LogP) is 3.84. The Morgan fingerprint density at radius 2 is 1.82 bits per heavy atom. The van der Waals surface area contributed by atoms with Crippen molar-refractivity contribution in [2.75, 3.05) is 13.1 Å². The lowest BCUT2D eigenvalue weighted by Crippen LogP contribution is -2.39. The number of nitrogens with zero attached hydrogens (tertiary/aromatic N) is 3. The minimum Gasteiger partial charge on any atom is -0.347 e. The Morgan fingerprint density at radius 1 is 1.11 bits per heavy atom. The zero-order valence-corrected chi connectivity index (χ0v) is 16.1. The molecule has 1 amide bonds. The molecule has 6 nitrogen and oxygen atoms in total. The molecule has 4 rings (SSSR count). The van der Waals surface area contributed by atoms with Gasteiger partial charge in [-0.15, -0.1) is 0 Å². The van der Waals surface area contributed by atoms with Crippen LogP contribution in [-0.4, -0.2) is 34.0 Å². The second-order valence-electron chi connectivity index (χ2n) is 6.80. The van der Waals surface area contributed by atoms with E-state index >= 15 is 0 Å². The summed E-state index contributed by atoms with van der Waals surface area (Å²) in [7, 11) is 0. The standard InChI is InChI=1S/C21H21ClN4O2/c22-17-10-8-16(9-11-17)21-24-18(25-28-21)14-23-20(27)19(26-12-4-5-13-26)15-6-2-1-3-7-15/h1-3,6-11,19H,4-5,12-14H2,(H,23,27)/t19-/m1/s1. The van der Waals surface area contributed by atoms with Gasteiger partial charge in [-0.1, -0.05) is 47.1 Å². The summed E-state index contributed by atoms with van der Waals surface area (Å²) in [5, 5.41) is 7.57. The molecule has 2 heterocycles. The molecule has 0 radical (unpaired) electrons. The molecule has 1 aliphatic heterocycles. The molecule has 0 unspecified atom stereocenters. The topological polar surface area (TPSA) is 71.3 Å². The first kappa shape index (κ1) is 18.7. The molecule has 144 valence electrons. The van der Waals surface area contributed by atoms with Crippen LogP contribution in [0.4, 0.5) is 0 Å². The molecule has 3 aromatic rings. The van der Waals surface area contributed by atoms with E-state index in [1.165, 1.54) is 0 Å². The summed E-state index contributed by atoms with van der Waals surface area (Å²) < 4.78 is 5.30. The van der Waals surface area contributed by atoms with Crippen LogP contribution in [0, 0.1) is 0 Å². The quantitative estimate of drug-likeness (QED) is 0.685. The van der Waals surface area contributed by atoms with Crippen molar-refractivity contribution in [1.82, 2.24) is 20.4 Å². The normalized spacial score (nSPS) is 15.5. The fourth-order valence-electron chi connectivity index (χ4n) is 3.46. The second kappa shape index (κ2) is 8.54. The number of nitrogens with one attached hydrogen (secondary N) is 1. The summed E-state index contributed by atoms with van der Waals surface area (Å²) in [6, 6.07) is 16.7. The summed E-state index contributed by atoms with van der Waals surface area (Å²) in [4.78, 5) is 19.5. The van der Waals surface area contributed by atoms with Crippen molar-refractivity contribution in [3.63, 3.8) is 0 Å². The van der Waals surface area contributed by atoms with E-state index in [0.29, 0.717) is 16.7 Å². The maximum atomic E-state index is 13.0.